The minimum atomic E-state index is -0.161. The predicted molar refractivity (Wildman–Crippen MR) is 58.6 cm³/mol. The summed E-state index contributed by atoms with van der Waals surface area (Å²) in [6.45, 7) is 4.62. The monoisotopic (exact) mass is 209 g/mol. The Bertz CT molecular complexity index is 353. The second kappa shape index (κ2) is 4.19. The molecule has 0 aliphatic carbocycles. The summed E-state index contributed by atoms with van der Waals surface area (Å²) in [4.78, 5) is 0. The zero-order valence-corrected chi connectivity index (χ0v) is 9.09. The van der Waals surface area contributed by atoms with Crippen LogP contribution in [0, 0.1) is 12.7 Å². The molecule has 1 fully saturated rings. The highest BCUT2D eigenvalue weighted by Gasteiger charge is 2.24. The van der Waals surface area contributed by atoms with Crippen molar-refractivity contribution in [2.24, 2.45) is 0 Å². The van der Waals surface area contributed by atoms with Gasteiger partial charge in [-0.25, -0.2) is 4.39 Å². The Balaban J connectivity index is 2.13. The van der Waals surface area contributed by atoms with Gasteiger partial charge in [0.2, 0.25) is 0 Å². The third-order valence-corrected chi connectivity index (χ3v) is 2.98. The van der Waals surface area contributed by atoms with Gasteiger partial charge in [-0.15, -0.1) is 0 Å². The van der Waals surface area contributed by atoms with Crippen LogP contribution in [0.1, 0.15) is 18.9 Å². The molecule has 82 valence electrons. The van der Waals surface area contributed by atoms with E-state index in [1.54, 1.807) is 13.0 Å². The van der Waals surface area contributed by atoms with Crippen LogP contribution >= 0.6 is 0 Å². The summed E-state index contributed by atoms with van der Waals surface area (Å²) in [5.74, 6) is -0.161. The molecule has 0 unspecified atom stereocenters. The van der Waals surface area contributed by atoms with Crippen molar-refractivity contribution in [3.8, 4) is 0 Å². The summed E-state index contributed by atoms with van der Waals surface area (Å²) < 4.78 is 18.7. The van der Waals surface area contributed by atoms with Gasteiger partial charge in [0.25, 0.3) is 0 Å². The molecule has 15 heavy (non-hydrogen) atoms. The number of hydrogen-bond donors (Lipinski definition) is 1. The van der Waals surface area contributed by atoms with E-state index >= 15 is 0 Å². The average Bonchev–Trinajstić information content (AvgIpc) is 2.60. The Labute approximate surface area is 89.4 Å². The molecule has 0 bridgehead atoms. The third-order valence-electron chi connectivity index (χ3n) is 2.98. The second-order valence-corrected chi connectivity index (χ2v) is 4.03. The van der Waals surface area contributed by atoms with Gasteiger partial charge < -0.3 is 10.1 Å². The van der Waals surface area contributed by atoms with Crippen LogP contribution in [-0.2, 0) is 4.74 Å². The van der Waals surface area contributed by atoms with Gasteiger partial charge in [0.05, 0.1) is 12.1 Å². The van der Waals surface area contributed by atoms with E-state index in [0.717, 1.165) is 18.7 Å². The lowest BCUT2D eigenvalue weighted by Crippen LogP contribution is -2.27. The number of benzene rings is 1. The van der Waals surface area contributed by atoms with Crippen molar-refractivity contribution >= 4 is 5.69 Å². The lowest BCUT2D eigenvalue weighted by Gasteiger charge is -2.19. The number of nitrogens with one attached hydrogen (secondary N) is 1. The molecule has 1 aromatic carbocycles. The van der Waals surface area contributed by atoms with Gasteiger partial charge >= 0.3 is 0 Å². The highest BCUT2D eigenvalue weighted by Crippen LogP contribution is 2.22. The summed E-state index contributed by atoms with van der Waals surface area (Å²) in [5.41, 5.74) is 1.55. The standard InChI is InChI=1S/C12H16FNO/c1-8-10(13)4-3-5-11(8)14-12-6-7-15-9(12)2/h3-5,9,12,14H,6-7H2,1-2H3/t9-,12+/m0/s1. The van der Waals surface area contributed by atoms with Crippen LogP contribution in [0.4, 0.5) is 10.1 Å². The molecule has 1 saturated heterocycles. The van der Waals surface area contributed by atoms with Crippen molar-refractivity contribution in [1.29, 1.82) is 0 Å². The fraction of sp³-hybridized carbons (Fsp3) is 0.500. The number of hydrogen-bond acceptors (Lipinski definition) is 2. The second-order valence-electron chi connectivity index (χ2n) is 4.03. The molecular formula is C12H16FNO. The maximum absolute atomic E-state index is 13.3. The Morgan fingerprint density at radius 3 is 2.93 bits per heavy atom. The predicted octanol–water partition coefficient (Wildman–Crippen LogP) is 2.72. The molecule has 0 saturated carbocycles. The summed E-state index contributed by atoms with van der Waals surface area (Å²) >= 11 is 0. The van der Waals surface area contributed by atoms with Gasteiger partial charge in [0.15, 0.2) is 0 Å². The Morgan fingerprint density at radius 2 is 2.27 bits per heavy atom. The van der Waals surface area contributed by atoms with E-state index in [-0.39, 0.29) is 11.9 Å². The fourth-order valence-electron chi connectivity index (χ4n) is 1.88. The molecule has 0 radical (unpaired) electrons. The van der Waals surface area contributed by atoms with Gasteiger partial charge in [0.1, 0.15) is 5.82 Å². The highest BCUT2D eigenvalue weighted by molar-refractivity contribution is 5.51. The van der Waals surface area contributed by atoms with Crippen LogP contribution in [0.2, 0.25) is 0 Å². The number of ether oxygens (including phenoxy) is 1. The smallest absolute Gasteiger partial charge is 0.128 e. The normalized spacial score (nSPS) is 25.5. The van der Waals surface area contributed by atoms with Gasteiger partial charge in [0, 0.05) is 17.9 Å². The van der Waals surface area contributed by atoms with Crippen molar-refractivity contribution in [3.63, 3.8) is 0 Å². The maximum atomic E-state index is 13.3. The first-order valence-electron chi connectivity index (χ1n) is 5.31. The Kier molecular flexibility index (Phi) is 2.91. The highest BCUT2D eigenvalue weighted by atomic mass is 19.1. The molecule has 1 N–H and O–H groups in total. The van der Waals surface area contributed by atoms with Crippen molar-refractivity contribution < 1.29 is 9.13 Å². The van der Waals surface area contributed by atoms with Crippen LogP contribution in [-0.4, -0.2) is 18.8 Å². The molecule has 1 heterocycles. The lowest BCUT2D eigenvalue weighted by molar-refractivity contribution is 0.121. The molecule has 1 aromatic rings. The first-order valence-corrected chi connectivity index (χ1v) is 5.31. The number of anilines is 1. The molecule has 1 aliphatic rings. The molecular weight excluding hydrogens is 193 g/mol. The van der Waals surface area contributed by atoms with E-state index in [2.05, 4.69) is 5.32 Å². The third kappa shape index (κ3) is 2.12. The summed E-state index contributed by atoms with van der Waals surface area (Å²) in [6, 6.07) is 5.41. The summed E-state index contributed by atoms with van der Waals surface area (Å²) in [7, 11) is 0. The molecule has 0 amide bonds. The first-order chi connectivity index (χ1) is 7.18. The molecule has 2 nitrogen and oxygen atoms in total. The average molecular weight is 209 g/mol. The van der Waals surface area contributed by atoms with Crippen LogP contribution in [0.3, 0.4) is 0 Å². The molecule has 1 aliphatic heterocycles. The minimum absolute atomic E-state index is 0.161. The zero-order valence-electron chi connectivity index (χ0n) is 9.09. The zero-order chi connectivity index (χ0) is 10.8. The molecule has 3 heteroatoms. The topological polar surface area (TPSA) is 21.3 Å². The van der Waals surface area contributed by atoms with Crippen molar-refractivity contribution in [1.82, 2.24) is 0 Å². The fourth-order valence-corrected chi connectivity index (χ4v) is 1.88. The van der Waals surface area contributed by atoms with Gasteiger partial charge in [-0.1, -0.05) is 6.07 Å². The minimum Gasteiger partial charge on any atom is -0.379 e. The van der Waals surface area contributed by atoms with E-state index in [4.69, 9.17) is 4.74 Å². The van der Waals surface area contributed by atoms with E-state index < -0.39 is 0 Å². The first kappa shape index (κ1) is 10.4. The van der Waals surface area contributed by atoms with Gasteiger partial charge in [-0.05, 0) is 32.4 Å². The number of rotatable bonds is 2. The van der Waals surface area contributed by atoms with Crippen LogP contribution < -0.4 is 5.32 Å². The molecule has 2 rings (SSSR count). The van der Waals surface area contributed by atoms with Crippen LogP contribution in [0.25, 0.3) is 0 Å². The van der Waals surface area contributed by atoms with E-state index in [9.17, 15) is 4.39 Å². The van der Waals surface area contributed by atoms with Crippen LogP contribution in [0.15, 0.2) is 18.2 Å². The van der Waals surface area contributed by atoms with Crippen molar-refractivity contribution in [3.05, 3.63) is 29.6 Å². The Morgan fingerprint density at radius 1 is 1.47 bits per heavy atom. The molecule has 0 aromatic heterocycles. The van der Waals surface area contributed by atoms with E-state index in [0.29, 0.717) is 11.6 Å². The van der Waals surface area contributed by atoms with Crippen molar-refractivity contribution in [2.75, 3.05) is 11.9 Å². The van der Waals surface area contributed by atoms with E-state index in [1.807, 2.05) is 13.0 Å². The van der Waals surface area contributed by atoms with Gasteiger partial charge in [-0.2, -0.15) is 0 Å². The van der Waals surface area contributed by atoms with Crippen LogP contribution in [0.5, 0.6) is 0 Å². The lowest BCUT2D eigenvalue weighted by atomic mass is 10.1. The summed E-state index contributed by atoms with van der Waals surface area (Å²) in [6.07, 6.45) is 1.18. The Hall–Kier alpha value is -1.09. The summed E-state index contributed by atoms with van der Waals surface area (Å²) in [5, 5.41) is 3.33. The maximum Gasteiger partial charge on any atom is 0.128 e. The number of halogens is 1. The molecule has 2 atom stereocenters. The largest absolute Gasteiger partial charge is 0.379 e. The van der Waals surface area contributed by atoms with E-state index in [1.165, 1.54) is 6.07 Å². The quantitative estimate of drug-likeness (QED) is 0.808. The molecule has 0 spiro atoms. The van der Waals surface area contributed by atoms with Gasteiger partial charge in [-0.3, -0.25) is 0 Å². The van der Waals surface area contributed by atoms with Crippen molar-refractivity contribution in [2.45, 2.75) is 32.4 Å². The SMILES string of the molecule is Cc1c(F)cccc1N[C@@H]1CCO[C@H]1C.